The third-order valence-corrected chi connectivity index (χ3v) is 5.99. The van der Waals surface area contributed by atoms with Gasteiger partial charge in [0, 0.05) is 44.5 Å². The lowest BCUT2D eigenvalue weighted by Crippen LogP contribution is -2.49. The van der Waals surface area contributed by atoms with Gasteiger partial charge in [-0.1, -0.05) is 30.3 Å². The smallest absolute Gasteiger partial charge is 0.263 e. The van der Waals surface area contributed by atoms with Crippen LogP contribution in [0.4, 0.5) is 0 Å². The summed E-state index contributed by atoms with van der Waals surface area (Å²) in [5.74, 6) is 1.40. The highest BCUT2D eigenvalue weighted by atomic mass is 16.5. The Labute approximate surface area is 193 Å². The van der Waals surface area contributed by atoms with E-state index >= 15 is 0 Å². The number of ether oxygens (including phenoxy) is 2. The van der Waals surface area contributed by atoms with Crippen LogP contribution in [0.2, 0.25) is 0 Å². The maximum absolute atomic E-state index is 13.1. The largest absolute Gasteiger partial charge is 0.497 e. The van der Waals surface area contributed by atoms with E-state index in [0.29, 0.717) is 26.2 Å². The lowest BCUT2D eigenvalue weighted by Gasteiger charge is -2.35. The second kappa shape index (κ2) is 10.4. The zero-order valence-electron chi connectivity index (χ0n) is 19.1. The quantitative estimate of drug-likeness (QED) is 0.557. The molecule has 3 aromatic rings. The molecule has 1 saturated heterocycles. The van der Waals surface area contributed by atoms with Crippen molar-refractivity contribution in [3.63, 3.8) is 0 Å². The molecule has 7 heteroatoms. The van der Waals surface area contributed by atoms with Crippen LogP contribution < -0.4 is 15.0 Å². The molecule has 1 aliphatic heterocycles. The Hall–Kier alpha value is -3.58. The number of piperazine rings is 1. The first-order valence-electron chi connectivity index (χ1n) is 11.0. The number of methoxy groups -OCH3 is 2. The highest BCUT2D eigenvalue weighted by molar-refractivity contribution is 5.93. The van der Waals surface area contributed by atoms with E-state index in [4.69, 9.17) is 9.47 Å². The summed E-state index contributed by atoms with van der Waals surface area (Å²) >= 11 is 0. The average molecular weight is 448 g/mol. The molecule has 33 heavy (non-hydrogen) atoms. The minimum Gasteiger partial charge on any atom is -0.497 e. The molecule has 4 rings (SSSR count). The van der Waals surface area contributed by atoms with E-state index < -0.39 is 0 Å². The minimum absolute atomic E-state index is 0.207. The van der Waals surface area contributed by atoms with Gasteiger partial charge in [-0.25, -0.2) is 0 Å². The second-order valence-electron chi connectivity index (χ2n) is 8.09. The van der Waals surface area contributed by atoms with Gasteiger partial charge < -0.3 is 18.9 Å². The first-order valence-corrected chi connectivity index (χ1v) is 11.0. The van der Waals surface area contributed by atoms with Gasteiger partial charge in [0.15, 0.2) is 0 Å². The first kappa shape index (κ1) is 22.6. The van der Waals surface area contributed by atoms with E-state index in [9.17, 15) is 9.59 Å². The van der Waals surface area contributed by atoms with Gasteiger partial charge in [-0.15, -0.1) is 0 Å². The van der Waals surface area contributed by atoms with E-state index in [-0.39, 0.29) is 17.0 Å². The van der Waals surface area contributed by atoms with Crippen LogP contribution >= 0.6 is 0 Å². The Morgan fingerprint density at radius 1 is 0.879 bits per heavy atom. The van der Waals surface area contributed by atoms with Crippen LogP contribution in [0, 0.1) is 0 Å². The van der Waals surface area contributed by atoms with Gasteiger partial charge in [0.2, 0.25) is 0 Å². The van der Waals surface area contributed by atoms with Crippen molar-refractivity contribution in [2.75, 3.05) is 40.4 Å². The first-order chi connectivity index (χ1) is 16.1. The van der Waals surface area contributed by atoms with Crippen molar-refractivity contribution in [2.45, 2.75) is 13.1 Å². The van der Waals surface area contributed by atoms with E-state index in [1.54, 1.807) is 42.0 Å². The molecule has 1 aliphatic rings. The Kier molecular flexibility index (Phi) is 7.10. The SMILES string of the molecule is COc1ccc(OC)c(CN2CCN(C(=O)c3cccn(Cc4ccccc4)c3=O)CC2)c1. The number of carbonyl (C=O) groups excluding carboxylic acids is 1. The Bertz CT molecular complexity index is 1150. The van der Waals surface area contributed by atoms with Gasteiger partial charge in [0.25, 0.3) is 11.5 Å². The molecule has 1 fully saturated rings. The lowest BCUT2D eigenvalue weighted by molar-refractivity contribution is 0.0625. The maximum Gasteiger partial charge on any atom is 0.263 e. The fourth-order valence-electron chi connectivity index (χ4n) is 4.13. The van der Waals surface area contributed by atoms with Crippen LogP contribution in [0.3, 0.4) is 0 Å². The molecule has 172 valence electrons. The van der Waals surface area contributed by atoms with E-state index in [0.717, 1.165) is 35.7 Å². The fraction of sp³-hybridized carbons (Fsp3) is 0.308. The molecule has 0 spiro atoms. The molecule has 0 N–H and O–H groups in total. The zero-order valence-corrected chi connectivity index (χ0v) is 19.1. The molecule has 0 saturated carbocycles. The molecule has 0 bridgehead atoms. The van der Waals surface area contributed by atoms with Crippen LogP contribution in [0.15, 0.2) is 71.7 Å². The number of rotatable bonds is 7. The molecule has 7 nitrogen and oxygen atoms in total. The van der Waals surface area contributed by atoms with Gasteiger partial charge in [0.1, 0.15) is 17.1 Å². The molecule has 2 heterocycles. The molecule has 0 radical (unpaired) electrons. The normalized spacial score (nSPS) is 14.2. The average Bonchev–Trinajstić information content (AvgIpc) is 2.86. The molecule has 0 unspecified atom stereocenters. The highest BCUT2D eigenvalue weighted by Crippen LogP contribution is 2.25. The number of hydrogen-bond acceptors (Lipinski definition) is 5. The lowest BCUT2D eigenvalue weighted by atomic mass is 10.1. The minimum atomic E-state index is -0.255. The number of benzene rings is 2. The van der Waals surface area contributed by atoms with Gasteiger partial charge in [-0.3, -0.25) is 14.5 Å². The fourth-order valence-corrected chi connectivity index (χ4v) is 4.13. The maximum atomic E-state index is 13.1. The molecule has 1 aromatic heterocycles. The summed E-state index contributed by atoms with van der Waals surface area (Å²) in [6.45, 7) is 3.72. The van der Waals surface area contributed by atoms with E-state index in [1.807, 2.05) is 48.5 Å². The Morgan fingerprint density at radius 3 is 2.33 bits per heavy atom. The standard InChI is InChI=1S/C26H29N3O4/c1-32-22-10-11-24(33-2)21(17-22)19-27-13-15-28(16-14-27)25(30)23-9-6-12-29(26(23)31)18-20-7-4-3-5-8-20/h3-12,17H,13-16,18-19H2,1-2H3. The Morgan fingerprint density at radius 2 is 1.64 bits per heavy atom. The number of aromatic nitrogens is 1. The number of nitrogens with zero attached hydrogens (tertiary/aromatic N) is 3. The molecular formula is C26H29N3O4. The predicted molar refractivity (Wildman–Crippen MR) is 127 cm³/mol. The van der Waals surface area contributed by atoms with Crippen molar-refractivity contribution in [1.82, 2.24) is 14.4 Å². The van der Waals surface area contributed by atoms with Gasteiger partial charge in [-0.2, -0.15) is 0 Å². The van der Waals surface area contributed by atoms with Gasteiger partial charge >= 0.3 is 0 Å². The molecule has 2 aromatic carbocycles. The number of pyridine rings is 1. The summed E-state index contributed by atoms with van der Waals surface area (Å²) in [5.41, 5.74) is 2.03. The van der Waals surface area contributed by atoms with Crippen molar-refractivity contribution < 1.29 is 14.3 Å². The van der Waals surface area contributed by atoms with Crippen LogP contribution in [-0.4, -0.2) is 60.7 Å². The van der Waals surface area contributed by atoms with Crippen molar-refractivity contribution in [3.8, 4) is 11.5 Å². The van der Waals surface area contributed by atoms with Crippen LogP contribution in [0.5, 0.6) is 11.5 Å². The monoisotopic (exact) mass is 447 g/mol. The summed E-state index contributed by atoms with van der Waals surface area (Å²) in [6, 6.07) is 18.9. The van der Waals surface area contributed by atoms with Crippen molar-refractivity contribution in [3.05, 3.63) is 93.9 Å². The van der Waals surface area contributed by atoms with Crippen molar-refractivity contribution in [1.29, 1.82) is 0 Å². The summed E-state index contributed by atoms with van der Waals surface area (Å²) in [7, 11) is 3.31. The summed E-state index contributed by atoms with van der Waals surface area (Å²) in [4.78, 5) is 30.1. The van der Waals surface area contributed by atoms with E-state index in [1.165, 1.54) is 0 Å². The summed E-state index contributed by atoms with van der Waals surface area (Å²) < 4.78 is 12.4. The van der Waals surface area contributed by atoms with E-state index in [2.05, 4.69) is 4.90 Å². The van der Waals surface area contributed by atoms with Crippen molar-refractivity contribution >= 4 is 5.91 Å². The van der Waals surface area contributed by atoms with Gasteiger partial charge in [0.05, 0.1) is 20.8 Å². The van der Waals surface area contributed by atoms with Crippen molar-refractivity contribution in [2.24, 2.45) is 0 Å². The number of hydrogen-bond donors (Lipinski definition) is 0. The molecule has 1 amide bonds. The third kappa shape index (κ3) is 5.26. The van der Waals surface area contributed by atoms with Gasteiger partial charge in [-0.05, 0) is 35.9 Å². The summed E-state index contributed by atoms with van der Waals surface area (Å²) in [6.07, 6.45) is 1.73. The topological polar surface area (TPSA) is 64.0 Å². The molecule has 0 aliphatic carbocycles. The summed E-state index contributed by atoms with van der Waals surface area (Å²) in [5, 5.41) is 0. The molecular weight excluding hydrogens is 418 g/mol. The van der Waals surface area contributed by atoms with Crippen LogP contribution in [0.1, 0.15) is 21.5 Å². The zero-order chi connectivity index (χ0) is 23.2. The second-order valence-corrected chi connectivity index (χ2v) is 8.09. The Balaban J connectivity index is 1.41. The van der Waals surface area contributed by atoms with Crippen LogP contribution in [0.25, 0.3) is 0 Å². The number of carbonyl (C=O) groups is 1. The third-order valence-electron chi connectivity index (χ3n) is 5.99. The highest BCUT2D eigenvalue weighted by Gasteiger charge is 2.25. The predicted octanol–water partition coefficient (Wildman–Crippen LogP) is 2.87. The number of amides is 1. The molecule has 0 atom stereocenters. The van der Waals surface area contributed by atoms with Crippen LogP contribution in [-0.2, 0) is 13.1 Å².